The number of nitrogens with zero attached hydrogens (tertiary/aromatic N) is 5. The van der Waals surface area contributed by atoms with Crippen LogP contribution in [0.5, 0.6) is 0 Å². The first kappa shape index (κ1) is 46.6. The van der Waals surface area contributed by atoms with Crippen LogP contribution in [0.4, 0.5) is 0 Å². The number of methoxy groups -OCH3 is 1. The first-order valence-electron chi connectivity index (χ1n) is 25.4. The monoisotopic (exact) mass is 927 g/mol. The quantitative estimate of drug-likeness (QED) is 0.130. The van der Waals surface area contributed by atoms with Crippen LogP contribution in [0.1, 0.15) is 102 Å². The number of benzene rings is 2. The second kappa shape index (κ2) is 19.0. The van der Waals surface area contributed by atoms with Gasteiger partial charge in [-0.25, -0.2) is 5.43 Å². The Labute approximate surface area is 400 Å². The smallest absolute Gasteiger partial charge is 0.324 e. The Hall–Kier alpha value is -5.15. The van der Waals surface area contributed by atoms with Crippen LogP contribution in [0.2, 0.25) is 0 Å². The molecule has 68 heavy (non-hydrogen) atoms. The Morgan fingerprint density at radius 2 is 1.76 bits per heavy atom. The SMILES string of the molecule is CCn1c(-c2cccnc2[C@H](C)OC)c2c3cc(ccc31)-c1cccc(c1)C[C@H](NC(=O)C(C1CCCC1)N1CC[C@]3(CCN(C(=O)[C@H]4CN4)C3)C1)C(=O)N1CCC[C@H](N1)C(=O)OCC(C)(C)C2. The van der Waals surface area contributed by atoms with Crippen molar-refractivity contribution in [2.75, 3.05) is 53.0 Å². The van der Waals surface area contributed by atoms with E-state index in [0.717, 1.165) is 128 Å². The summed E-state index contributed by atoms with van der Waals surface area (Å²) in [5, 5.41) is 9.20. The van der Waals surface area contributed by atoms with E-state index in [-0.39, 0.29) is 60.3 Å². The van der Waals surface area contributed by atoms with Crippen molar-refractivity contribution in [3.63, 3.8) is 0 Å². The highest BCUT2D eigenvalue weighted by molar-refractivity contribution is 5.96. The normalized spacial score (nSPS) is 26.5. The van der Waals surface area contributed by atoms with Gasteiger partial charge in [0.2, 0.25) is 11.8 Å². The lowest BCUT2D eigenvalue weighted by molar-refractivity contribution is -0.155. The minimum Gasteiger partial charge on any atom is -0.464 e. The fourth-order valence-corrected chi connectivity index (χ4v) is 12.3. The molecule has 14 heteroatoms. The zero-order valence-electron chi connectivity index (χ0n) is 40.7. The maximum absolute atomic E-state index is 15.1. The number of esters is 1. The van der Waals surface area contributed by atoms with Crippen LogP contribution < -0.4 is 16.1 Å². The van der Waals surface area contributed by atoms with Gasteiger partial charge in [0.15, 0.2) is 0 Å². The zero-order valence-corrected chi connectivity index (χ0v) is 40.7. The van der Waals surface area contributed by atoms with Gasteiger partial charge in [-0.1, -0.05) is 57.0 Å². The van der Waals surface area contributed by atoms with Crippen molar-refractivity contribution in [1.29, 1.82) is 0 Å². The molecule has 6 atom stereocenters. The van der Waals surface area contributed by atoms with Crippen LogP contribution in [-0.2, 0) is 48.0 Å². The van der Waals surface area contributed by atoms with E-state index in [1.54, 1.807) is 12.1 Å². The molecule has 14 nitrogen and oxygen atoms in total. The van der Waals surface area contributed by atoms with Gasteiger partial charge in [-0.05, 0) is 118 Å². The number of likely N-dealkylation sites (tertiary alicyclic amines) is 2. The predicted molar refractivity (Wildman–Crippen MR) is 261 cm³/mol. The molecule has 1 spiro atoms. The average Bonchev–Trinajstić information content (AvgIpc) is 3.60. The van der Waals surface area contributed by atoms with Crippen molar-refractivity contribution in [2.24, 2.45) is 16.7 Å². The maximum Gasteiger partial charge on any atom is 0.324 e. The van der Waals surface area contributed by atoms with Crippen molar-refractivity contribution >= 4 is 34.6 Å². The summed E-state index contributed by atoms with van der Waals surface area (Å²) in [6.45, 7) is 13.6. The van der Waals surface area contributed by atoms with E-state index in [2.05, 4.69) is 82.7 Å². The number of cyclic esters (lactones) is 1. The molecule has 6 bridgehead atoms. The summed E-state index contributed by atoms with van der Waals surface area (Å²) in [6, 6.07) is 17.1. The first-order valence-corrected chi connectivity index (χ1v) is 25.4. The van der Waals surface area contributed by atoms with Gasteiger partial charge in [0, 0.05) is 86.3 Å². The number of hydrazine groups is 1. The fourth-order valence-electron chi connectivity index (χ4n) is 12.3. The van der Waals surface area contributed by atoms with Gasteiger partial charge >= 0.3 is 5.97 Å². The summed E-state index contributed by atoms with van der Waals surface area (Å²) >= 11 is 0. The van der Waals surface area contributed by atoms with Crippen LogP contribution in [0.3, 0.4) is 0 Å². The molecule has 5 aliphatic heterocycles. The lowest BCUT2D eigenvalue weighted by Crippen LogP contribution is -2.62. The summed E-state index contributed by atoms with van der Waals surface area (Å²) in [5.41, 5.74) is 11.0. The number of amides is 3. The molecular weight excluding hydrogens is 857 g/mol. The molecule has 1 aliphatic carbocycles. The van der Waals surface area contributed by atoms with Crippen molar-refractivity contribution < 1.29 is 28.7 Å². The van der Waals surface area contributed by atoms with Gasteiger partial charge in [0.05, 0.1) is 36.2 Å². The largest absolute Gasteiger partial charge is 0.464 e. The minimum atomic E-state index is -0.887. The van der Waals surface area contributed by atoms with Crippen LogP contribution in [0, 0.1) is 16.7 Å². The molecule has 10 rings (SSSR count). The van der Waals surface area contributed by atoms with E-state index in [1.807, 2.05) is 36.2 Å². The van der Waals surface area contributed by atoms with Crippen LogP contribution >= 0.6 is 0 Å². The van der Waals surface area contributed by atoms with Gasteiger partial charge < -0.3 is 29.6 Å². The number of nitrogens with one attached hydrogen (secondary N) is 3. The Morgan fingerprint density at radius 1 is 0.971 bits per heavy atom. The Balaban J connectivity index is 1.01. The van der Waals surface area contributed by atoms with Crippen molar-refractivity contribution in [3.05, 3.63) is 77.6 Å². The number of rotatable bonds is 9. The van der Waals surface area contributed by atoms with Crippen LogP contribution in [0.25, 0.3) is 33.3 Å². The highest BCUT2D eigenvalue weighted by Gasteiger charge is 2.50. The molecule has 5 fully saturated rings. The lowest BCUT2D eigenvalue weighted by Gasteiger charge is -2.37. The number of aromatic nitrogens is 2. The minimum absolute atomic E-state index is 0.0246. The third-order valence-corrected chi connectivity index (χ3v) is 16.1. The number of aryl methyl sites for hydroxylation is 1. The van der Waals surface area contributed by atoms with Crippen molar-refractivity contribution in [3.8, 4) is 22.4 Å². The second-order valence-corrected chi connectivity index (χ2v) is 21.5. The van der Waals surface area contributed by atoms with Gasteiger partial charge in [0.25, 0.3) is 5.91 Å². The number of fused-ring (bicyclic) bond motifs is 6. The van der Waals surface area contributed by atoms with Gasteiger partial charge in [-0.15, -0.1) is 0 Å². The molecule has 2 aromatic carbocycles. The topological polar surface area (TPSA) is 160 Å². The summed E-state index contributed by atoms with van der Waals surface area (Å²) in [4.78, 5) is 66.4. The highest BCUT2D eigenvalue weighted by atomic mass is 16.5. The van der Waals surface area contributed by atoms with Crippen LogP contribution in [-0.4, -0.2) is 125 Å². The van der Waals surface area contributed by atoms with Crippen molar-refractivity contribution in [1.82, 2.24) is 40.4 Å². The Morgan fingerprint density at radius 3 is 2.54 bits per heavy atom. The predicted octanol–water partition coefficient (Wildman–Crippen LogP) is 6.20. The number of carbonyl (C=O) groups excluding carboxylic acids is 4. The molecule has 4 saturated heterocycles. The molecule has 1 saturated carbocycles. The molecule has 2 aromatic heterocycles. The number of pyridine rings is 1. The van der Waals surface area contributed by atoms with Crippen molar-refractivity contribution in [2.45, 2.75) is 129 Å². The summed E-state index contributed by atoms with van der Waals surface area (Å²) in [7, 11) is 1.71. The third kappa shape index (κ3) is 9.21. The van der Waals surface area contributed by atoms with Gasteiger partial charge in [-0.2, -0.15) is 0 Å². The Kier molecular flexibility index (Phi) is 13.0. The molecule has 362 valence electrons. The molecular formula is C54H70N8O6. The molecule has 4 aromatic rings. The first-order chi connectivity index (χ1) is 32.8. The van der Waals surface area contributed by atoms with E-state index in [0.29, 0.717) is 25.8 Å². The summed E-state index contributed by atoms with van der Waals surface area (Å²) in [5.74, 6) is -0.379. The third-order valence-electron chi connectivity index (χ3n) is 16.1. The zero-order chi connectivity index (χ0) is 47.3. The van der Waals surface area contributed by atoms with Gasteiger partial charge in [0.1, 0.15) is 12.1 Å². The van der Waals surface area contributed by atoms with Crippen LogP contribution in [0.15, 0.2) is 60.8 Å². The number of carbonyl (C=O) groups is 4. The summed E-state index contributed by atoms with van der Waals surface area (Å²) in [6.07, 6.45) is 9.63. The fraction of sp³-hybridized carbons (Fsp3) is 0.574. The van der Waals surface area contributed by atoms with Gasteiger partial charge in [-0.3, -0.25) is 34.1 Å². The number of hydrogen-bond donors (Lipinski definition) is 3. The lowest BCUT2D eigenvalue weighted by atomic mass is 9.84. The average molecular weight is 927 g/mol. The van der Waals surface area contributed by atoms with E-state index in [1.165, 1.54) is 0 Å². The molecule has 3 N–H and O–H groups in total. The molecule has 0 radical (unpaired) electrons. The molecule has 7 heterocycles. The maximum atomic E-state index is 15.1. The molecule has 6 aliphatic rings. The highest BCUT2D eigenvalue weighted by Crippen LogP contribution is 2.44. The van der Waals surface area contributed by atoms with E-state index < -0.39 is 23.5 Å². The standard InChI is InChI=1S/C54H70N8O6/c1-6-61-45-19-18-38-28-40(45)41(48(61)39-16-10-22-55-46(39)34(2)67-5)29-53(3,4)33-68-52(66)42-17-11-23-62(58-42)51(65)43(27-35-12-9-15-37(38)26-35)57-49(63)47(36-13-7-8-14-36)59-24-20-54(31-59)21-25-60(32-54)50(64)44-30-56-44/h9-10,12,15-16,18-19,22,26,28,34,36,42-44,47,56,58H,6-8,11,13-14,17,20-21,23-25,27,29-33H2,1-5H3,(H,57,63)/t34-,42-,43-,44+,47?,54-/m0/s1. The Bertz CT molecular complexity index is 2560. The second-order valence-electron chi connectivity index (χ2n) is 21.5. The number of ether oxygens (including phenoxy) is 2. The van der Waals surface area contributed by atoms with E-state index in [4.69, 9.17) is 14.5 Å². The van der Waals surface area contributed by atoms with E-state index >= 15 is 4.79 Å². The number of hydrogen-bond acceptors (Lipinski definition) is 10. The molecule has 3 amide bonds. The summed E-state index contributed by atoms with van der Waals surface area (Å²) < 4.78 is 14.4. The molecule has 1 unspecified atom stereocenters. The van der Waals surface area contributed by atoms with E-state index in [9.17, 15) is 14.4 Å².